The van der Waals surface area contributed by atoms with Crippen LogP contribution in [0.2, 0.25) is 0 Å². The molecule has 0 radical (unpaired) electrons. The second-order valence-corrected chi connectivity index (χ2v) is 3.66. The van der Waals surface area contributed by atoms with Crippen LogP contribution in [0.25, 0.3) is 6.08 Å². The molecule has 0 spiro atoms. The van der Waals surface area contributed by atoms with Gasteiger partial charge in [0, 0.05) is 38.0 Å². The molecule has 0 fully saturated rings. The number of hydrogen-bond donors (Lipinski definition) is 1. The molecule has 5 nitrogen and oxygen atoms in total. The fraction of sp³-hybridized carbons (Fsp3) is 0.385. The van der Waals surface area contributed by atoms with Gasteiger partial charge in [-0.1, -0.05) is 0 Å². The lowest BCUT2D eigenvalue weighted by Crippen LogP contribution is -2.28. The predicted molar refractivity (Wildman–Crippen MR) is 70.7 cm³/mol. The van der Waals surface area contributed by atoms with E-state index in [1.165, 1.54) is 0 Å². The van der Waals surface area contributed by atoms with Crippen LogP contribution in [-0.4, -0.2) is 42.9 Å². The van der Waals surface area contributed by atoms with Gasteiger partial charge in [-0.3, -0.25) is 0 Å². The summed E-state index contributed by atoms with van der Waals surface area (Å²) in [5.41, 5.74) is 0.790. The predicted octanol–water partition coefficient (Wildman–Crippen LogP) is 1.65. The maximum Gasteiger partial charge on any atom is 0.328 e. The number of anilines is 1. The summed E-state index contributed by atoms with van der Waals surface area (Å²) in [6.45, 7) is 4.13. The average Bonchev–Trinajstić information content (AvgIpc) is 2.38. The highest BCUT2D eigenvalue weighted by Crippen LogP contribution is 2.18. The molecule has 0 atom stereocenters. The van der Waals surface area contributed by atoms with Gasteiger partial charge in [-0.15, -0.1) is 0 Å². The lowest BCUT2D eigenvalue weighted by Gasteiger charge is -2.23. The van der Waals surface area contributed by atoms with Gasteiger partial charge < -0.3 is 14.7 Å². The van der Waals surface area contributed by atoms with Crippen LogP contribution in [0.3, 0.4) is 0 Å². The van der Waals surface area contributed by atoms with Crippen LogP contribution in [-0.2, 0) is 9.53 Å². The van der Waals surface area contributed by atoms with Crippen LogP contribution >= 0.6 is 0 Å². The van der Waals surface area contributed by atoms with E-state index in [4.69, 9.17) is 9.84 Å². The van der Waals surface area contributed by atoms with Crippen molar-refractivity contribution in [3.63, 3.8) is 0 Å². The topological polar surface area (TPSA) is 62.7 Å². The minimum absolute atomic E-state index is 0.604. The van der Waals surface area contributed by atoms with Crippen molar-refractivity contribution in [3.05, 3.63) is 30.0 Å². The Morgan fingerprint density at radius 2 is 2.39 bits per heavy atom. The summed E-state index contributed by atoms with van der Waals surface area (Å²) in [6.07, 6.45) is 4.37. The normalized spacial score (nSPS) is 10.8. The fourth-order valence-corrected chi connectivity index (χ4v) is 1.58. The summed E-state index contributed by atoms with van der Waals surface area (Å²) in [7, 11) is 1.65. The summed E-state index contributed by atoms with van der Waals surface area (Å²) in [5, 5.41) is 8.66. The van der Waals surface area contributed by atoms with Gasteiger partial charge in [0.25, 0.3) is 0 Å². The van der Waals surface area contributed by atoms with Crippen molar-refractivity contribution in [2.75, 3.05) is 31.7 Å². The Kier molecular flexibility index (Phi) is 5.87. The molecule has 1 aromatic rings. The lowest BCUT2D eigenvalue weighted by molar-refractivity contribution is -0.131. The number of carboxylic acids is 1. The lowest BCUT2D eigenvalue weighted by atomic mass is 10.2. The Morgan fingerprint density at radius 1 is 1.61 bits per heavy atom. The van der Waals surface area contributed by atoms with Gasteiger partial charge in [-0.05, 0) is 25.1 Å². The molecule has 1 N–H and O–H groups in total. The fourth-order valence-electron chi connectivity index (χ4n) is 1.58. The van der Waals surface area contributed by atoms with Gasteiger partial charge in [0.1, 0.15) is 5.82 Å². The largest absolute Gasteiger partial charge is 0.478 e. The van der Waals surface area contributed by atoms with Crippen molar-refractivity contribution in [2.24, 2.45) is 0 Å². The molecule has 98 valence electrons. The van der Waals surface area contributed by atoms with Gasteiger partial charge in [0.05, 0.1) is 6.61 Å². The second kappa shape index (κ2) is 7.45. The number of pyridine rings is 1. The Bertz CT molecular complexity index is 418. The summed E-state index contributed by atoms with van der Waals surface area (Å²) in [6, 6.07) is 3.63. The molecule has 0 aliphatic rings. The van der Waals surface area contributed by atoms with Gasteiger partial charge in [0.2, 0.25) is 0 Å². The van der Waals surface area contributed by atoms with Crippen molar-refractivity contribution < 1.29 is 14.6 Å². The van der Waals surface area contributed by atoms with Crippen LogP contribution in [0.15, 0.2) is 24.4 Å². The quantitative estimate of drug-likeness (QED) is 0.745. The van der Waals surface area contributed by atoms with Crippen molar-refractivity contribution in [2.45, 2.75) is 6.92 Å². The standard InChI is InChI=1S/C13H18N2O3/c1-3-15(9-10-18-2)13-11(5-4-8-14-13)6-7-12(16)17/h4-8H,3,9-10H2,1-2H3,(H,16,17)/b7-6+. The molecule has 0 amide bonds. The zero-order valence-electron chi connectivity index (χ0n) is 10.7. The van der Waals surface area contributed by atoms with E-state index in [0.717, 1.165) is 30.5 Å². The zero-order chi connectivity index (χ0) is 13.4. The number of ether oxygens (including phenoxy) is 1. The van der Waals surface area contributed by atoms with Crippen LogP contribution in [0, 0.1) is 0 Å². The third kappa shape index (κ3) is 4.18. The van der Waals surface area contributed by atoms with Crippen molar-refractivity contribution in [3.8, 4) is 0 Å². The third-order valence-electron chi connectivity index (χ3n) is 2.47. The average molecular weight is 250 g/mol. The smallest absolute Gasteiger partial charge is 0.328 e. The molecule has 1 aromatic heterocycles. The van der Waals surface area contributed by atoms with E-state index in [0.29, 0.717) is 6.61 Å². The Morgan fingerprint density at radius 3 is 3.00 bits per heavy atom. The molecular weight excluding hydrogens is 232 g/mol. The van der Waals surface area contributed by atoms with Gasteiger partial charge in [-0.2, -0.15) is 0 Å². The number of hydrogen-bond acceptors (Lipinski definition) is 4. The van der Waals surface area contributed by atoms with Crippen molar-refractivity contribution in [1.29, 1.82) is 0 Å². The molecule has 0 aromatic carbocycles. The van der Waals surface area contributed by atoms with Crippen LogP contribution < -0.4 is 4.90 Å². The van der Waals surface area contributed by atoms with E-state index in [9.17, 15) is 4.79 Å². The first kappa shape index (κ1) is 14.2. The molecule has 0 aliphatic carbocycles. The molecule has 0 unspecified atom stereocenters. The number of carbonyl (C=O) groups is 1. The summed E-state index contributed by atoms with van der Waals surface area (Å²) in [5.74, 6) is -0.195. The molecule has 1 heterocycles. The minimum atomic E-state index is -0.968. The molecule has 18 heavy (non-hydrogen) atoms. The number of likely N-dealkylation sites (N-methyl/N-ethyl adjacent to an activating group) is 1. The maximum atomic E-state index is 10.6. The Balaban J connectivity index is 2.95. The Labute approximate surface area is 107 Å². The van der Waals surface area contributed by atoms with Crippen LogP contribution in [0.1, 0.15) is 12.5 Å². The zero-order valence-corrected chi connectivity index (χ0v) is 10.7. The molecule has 5 heteroatoms. The first-order valence-electron chi connectivity index (χ1n) is 5.79. The number of methoxy groups -OCH3 is 1. The van der Waals surface area contributed by atoms with E-state index >= 15 is 0 Å². The van der Waals surface area contributed by atoms with Crippen molar-refractivity contribution in [1.82, 2.24) is 4.98 Å². The van der Waals surface area contributed by atoms with Gasteiger partial charge in [-0.25, -0.2) is 9.78 Å². The highest BCUT2D eigenvalue weighted by Gasteiger charge is 2.09. The van der Waals surface area contributed by atoms with E-state index in [-0.39, 0.29) is 0 Å². The number of aromatic nitrogens is 1. The molecule has 0 bridgehead atoms. The highest BCUT2D eigenvalue weighted by atomic mass is 16.5. The van der Waals surface area contributed by atoms with E-state index in [2.05, 4.69) is 4.98 Å². The third-order valence-corrected chi connectivity index (χ3v) is 2.47. The number of aliphatic carboxylic acids is 1. The number of rotatable bonds is 7. The molecule has 0 aliphatic heterocycles. The first-order chi connectivity index (χ1) is 8.69. The molecule has 1 rings (SSSR count). The van der Waals surface area contributed by atoms with Crippen LogP contribution in [0.4, 0.5) is 5.82 Å². The monoisotopic (exact) mass is 250 g/mol. The summed E-state index contributed by atoms with van der Waals surface area (Å²) >= 11 is 0. The van der Waals surface area contributed by atoms with Crippen molar-refractivity contribution >= 4 is 17.9 Å². The van der Waals surface area contributed by atoms with E-state index in [1.807, 2.05) is 17.9 Å². The molecule has 0 saturated carbocycles. The van der Waals surface area contributed by atoms with Crippen LogP contribution in [0.5, 0.6) is 0 Å². The number of carboxylic acid groups (broad SMARTS) is 1. The second-order valence-electron chi connectivity index (χ2n) is 3.66. The SMILES string of the molecule is CCN(CCOC)c1ncccc1/C=C/C(=O)O. The Hall–Kier alpha value is -1.88. The van der Waals surface area contributed by atoms with Gasteiger partial charge >= 0.3 is 5.97 Å². The first-order valence-corrected chi connectivity index (χ1v) is 5.79. The minimum Gasteiger partial charge on any atom is -0.478 e. The highest BCUT2D eigenvalue weighted by molar-refractivity contribution is 5.86. The summed E-state index contributed by atoms with van der Waals surface area (Å²) < 4.78 is 5.05. The number of nitrogens with zero attached hydrogens (tertiary/aromatic N) is 2. The molecular formula is C13H18N2O3. The summed E-state index contributed by atoms with van der Waals surface area (Å²) in [4.78, 5) is 16.9. The molecule has 0 saturated heterocycles. The van der Waals surface area contributed by atoms with E-state index in [1.54, 1.807) is 25.4 Å². The maximum absolute atomic E-state index is 10.6. The van der Waals surface area contributed by atoms with E-state index < -0.39 is 5.97 Å². The van der Waals surface area contributed by atoms with Gasteiger partial charge in [0.15, 0.2) is 0 Å².